The Bertz CT molecular complexity index is 873. The number of thiophene rings is 1. The topological polar surface area (TPSA) is 98.5 Å². The number of primary sulfonamides is 1. The Balaban J connectivity index is 2.29. The largest absolute Gasteiger partial charge is 0.495 e. The van der Waals surface area contributed by atoms with Gasteiger partial charge in [0.1, 0.15) is 10.6 Å². The lowest BCUT2D eigenvalue weighted by atomic mass is 10.1. The van der Waals surface area contributed by atoms with Gasteiger partial charge in [0.2, 0.25) is 10.0 Å². The fraction of sp³-hybridized carbons (Fsp3) is 0.353. The molecule has 0 aliphatic heterocycles. The fourth-order valence-electron chi connectivity index (χ4n) is 2.49. The van der Waals surface area contributed by atoms with Gasteiger partial charge < -0.3 is 10.1 Å². The van der Waals surface area contributed by atoms with Gasteiger partial charge in [0, 0.05) is 10.6 Å². The summed E-state index contributed by atoms with van der Waals surface area (Å²) in [5.41, 5.74) is 1.52. The second-order valence-corrected chi connectivity index (χ2v) is 8.19. The fourth-order valence-corrected chi connectivity index (χ4v) is 4.46. The zero-order valence-corrected chi connectivity index (χ0v) is 16.1. The number of rotatable bonds is 7. The average molecular weight is 383 g/mol. The number of carbonyl (C=O) groups is 1. The van der Waals surface area contributed by atoms with Crippen LogP contribution < -0.4 is 15.2 Å². The highest BCUT2D eigenvalue weighted by atomic mass is 32.2. The first-order valence-electron chi connectivity index (χ1n) is 7.93. The Hall–Kier alpha value is -1.90. The number of hydrogen-bond acceptors (Lipinski definition) is 5. The summed E-state index contributed by atoms with van der Waals surface area (Å²) in [6, 6.07) is 6.24. The molecule has 0 aliphatic rings. The number of hydrogen-bond donors (Lipinski definition) is 2. The molecule has 8 heteroatoms. The van der Waals surface area contributed by atoms with Crippen LogP contribution in [-0.2, 0) is 22.9 Å². The highest BCUT2D eigenvalue weighted by Crippen LogP contribution is 2.28. The van der Waals surface area contributed by atoms with Crippen molar-refractivity contribution in [2.45, 2.75) is 38.0 Å². The molecule has 1 aromatic heterocycles. The first kappa shape index (κ1) is 19.4. The van der Waals surface area contributed by atoms with Gasteiger partial charge in [-0.1, -0.05) is 20.3 Å². The molecule has 0 spiro atoms. The van der Waals surface area contributed by atoms with E-state index in [2.05, 4.69) is 19.2 Å². The summed E-state index contributed by atoms with van der Waals surface area (Å²) in [7, 11) is -2.60. The van der Waals surface area contributed by atoms with E-state index >= 15 is 0 Å². The van der Waals surface area contributed by atoms with Gasteiger partial charge in [0.25, 0.3) is 5.91 Å². The van der Waals surface area contributed by atoms with Gasteiger partial charge in [-0.3, -0.25) is 4.79 Å². The number of sulfonamides is 1. The number of anilines is 1. The van der Waals surface area contributed by atoms with Crippen LogP contribution in [0.25, 0.3) is 0 Å². The molecular formula is C17H22N2O4S2. The van der Waals surface area contributed by atoms with Gasteiger partial charge >= 0.3 is 0 Å². The van der Waals surface area contributed by atoms with Crippen LogP contribution in [0.5, 0.6) is 5.75 Å². The van der Waals surface area contributed by atoms with Crippen molar-refractivity contribution in [2.75, 3.05) is 12.4 Å². The van der Waals surface area contributed by atoms with Crippen LogP contribution in [0.1, 0.15) is 40.4 Å². The van der Waals surface area contributed by atoms with Gasteiger partial charge in [0.05, 0.1) is 12.0 Å². The molecule has 0 bridgehead atoms. The molecule has 1 aromatic carbocycles. The molecule has 2 aromatic rings. The van der Waals surface area contributed by atoms with Crippen LogP contribution in [0.3, 0.4) is 0 Å². The standard InChI is InChI=1S/C17H22N2O4S2/c1-4-6-14-11(5-2)9-15(24-14)17(20)19-12-7-8-13(23-3)16(10-12)25(18,21)22/h7-10H,4-6H2,1-3H3,(H,19,20)(H2,18,21,22). The zero-order chi connectivity index (χ0) is 18.6. The van der Waals surface area contributed by atoms with Gasteiger partial charge in [-0.15, -0.1) is 11.3 Å². The molecule has 2 rings (SSSR count). The van der Waals surface area contributed by atoms with Crippen LogP contribution in [0, 0.1) is 0 Å². The number of ether oxygens (including phenoxy) is 1. The molecule has 0 saturated carbocycles. The van der Waals surface area contributed by atoms with Crippen molar-refractivity contribution in [3.63, 3.8) is 0 Å². The number of aryl methyl sites for hydroxylation is 2. The van der Waals surface area contributed by atoms with E-state index in [4.69, 9.17) is 9.88 Å². The van der Waals surface area contributed by atoms with E-state index in [-0.39, 0.29) is 16.6 Å². The minimum Gasteiger partial charge on any atom is -0.495 e. The van der Waals surface area contributed by atoms with Crippen molar-refractivity contribution in [3.8, 4) is 5.75 Å². The molecule has 0 aliphatic carbocycles. The minimum atomic E-state index is -3.96. The highest BCUT2D eigenvalue weighted by Gasteiger charge is 2.18. The van der Waals surface area contributed by atoms with Crippen LogP contribution in [0.15, 0.2) is 29.2 Å². The quantitative estimate of drug-likeness (QED) is 0.768. The number of benzene rings is 1. The van der Waals surface area contributed by atoms with E-state index in [0.717, 1.165) is 19.3 Å². The van der Waals surface area contributed by atoms with Crippen molar-refractivity contribution >= 4 is 33.0 Å². The van der Waals surface area contributed by atoms with Crippen LogP contribution >= 0.6 is 11.3 Å². The Morgan fingerprint density at radius 2 is 2.00 bits per heavy atom. The van der Waals surface area contributed by atoms with Gasteiger partial charge in [-0.2, -0.15) is 0 Å². The molecule has 136 valence electrons. The van der Waals surface area contributed by atoms with Crippen molar-refractivity contribution in [3.05, 3.63) is 39.6 Å². The Labute approximate surface area is 152 Å². The summed E-state index contributed by atoms with van der Waals surface area (Å²) < 4.78 is 28.3. The maximum atomic E-state index is 12.5. The lowest BCUT2D eigenvalue weighted by Gasteiger charge is -2.09. The molecular weight excluding hydrogens is 360 g/mol. The third-order valence-electron chi connectivity index (χ3n) is 3.71. The third kappa shape index (κ3) is 4.59. The zero-order valence-electron chi connectivity index (χ0n) is 14.5. The van der Waals surface area contributed by atoms with Crippen molar-refractivity contribution in [1.82, 2.24) is 0 Å². The molecule has 0 fully saturated rings. The molecule has 3 N–H and O–H groups in total. The minimum absolute atomic E-state index is 0.134. The van der Waals surface area contributed by atoms with E-state index in [0.29, 0.717) is 10.6 Å². The van der Waals surface area contributed by atoms with Gasteiger partial charge in [-0.25, -0.2) is 13.6 Å². The predicted molar refractivity (Wildman–Crippen MR) is 100 cm³/mol. The highest BCUT2D eigenvalue weighted by molar-refractivity contribution is 7.89. The van der Waals surface area contributed by atoms with Crippen molar-refractivity contribution < 1.29 is 17.9 Å². The molecule has 0 unspecified atom stereocenters. The maximum Gasteiger partial charge on any atom is 0.265 e. The SMILES string of the molecule is CCCc1sc(C(=O)Nc2ccc(OC)c(S(N)(=O)=O)c2)cc1CC. The lowest BCUT2D eigenvalue weighted by molar-refractivity contribution is 0.103. The second-order valence-electron chi connectivity index (χ2n) is 5.53. The molecule has 1 amide bonds. The summed E-state index contributed by atoms with van der Waals surface area (Å²) >= 11 is 1.47. The normalized spacial score (nSPS) is 11.4. The summed E-state index contributed by atoms with van der Waals surface area (Å²) in [5.74, 6) is -0.136. The molecule has 25 heavy (non-hydrogen) atoms. The monoisotopic (exact) mass is 382 g/mol. The molecule has 0 radical (unpaired) electrons. The van der Waals surface area contributed by atoms with Gasteiger partial charge in [0.15, 0.2) is 0 Å². The maximum absolute atomic E-state index is 12.5. The van der Waals surface area contributed by atoms with E-state index in [9.17, 15) is 13.2 Å². The number of nitrogens with two attached hydrogens (primary N) is 1. The average Bonchev–Trinajstić information content (AvgIpc) is 2.97. The van der Waals surface area contributed by atoms with E-state index in [1.165, 1.54) is 41.0 Å². The van der Waals surface area contributed by atoms with Crippen LogP contribution in [0.4, 0.5) is 5.69 Å². The summed E-state index contributed by atoms with van der Waals surface area (Å²) in [6.07, 6.45) is 2.83. The number of methoxy groups -OCH3 is 1. The number of amides is 1. The summed E-state index contributed by atoms with van der Waals surface area (Å²) in [5, 5.41) is 7.92. The first-order chi connectivity index (χ1) is 11.8. The van der Waals surface area contributed by atoms with E-state index < -0.39 is 10.0 Å². The Morgan fingerprint density at radius 1 is 1.28 bits per heavy atom. The smallest absolute Gasteiger partial charge is 0.265 e. The van der Waals surface area contributed by atoms with Crippen LogP contribution in [0.2, 0.25) is 0 Å². The lowest BCUT2D eigenvalue weighted by Crippen LogP contribution is -2.15. The molecule has 0 atom stereocenters. The predicted octanol–water partition coefficient (Wildman–Crippen LogP) is 3.17. The number of carbonyl (C=O) groups excluding carboxylic acids is 1. The number of nitrogens with one attached hydrogen (secondary N) is 1. The second kappa shape index (κ2) is 7.99. The van der Waals surface area contributed by atoms with Crippen LogP contribution in [-0.4, -0.2) is 21.4 Å². The van der Waals surface area contributed by atoms with Gasteiger partial charge in [-0.05, 0) is 42.7 Å². The summed E-state index contributed by atoms with van der Waals surface area (Å²) in [6.45, 7) is 4.16. The Morgan fingerprint density at radius 3 is 2.56 bits per heavy atom. The summed E-state index contributed by atoms with van der Waals surface area (Å²) in [4.78, 5) is 14.2. The molecule has 6 nitrogen and oxygen atoms in total. The van der Waals surface area contributed by atoms with E-state index in [1.54, 1.807) is 6.07 Å². The first-order valence-corrected chi connectivity index (χ1v) is 10.3. The Kier molecular flexibility index (Phi) is 6.21. The molecule has 1 heterocycles. The van der Waals surface area contributed by atoms with Crippen molar-refractivity contribution in [2.24, 2.45) is 5.14 Å². The third-order valence-corrected chi connectivity index (χ3v) is 5.87. The van der Waals surface area contributed by atoms with Crippen molar-refractivity contribution in [1.29, 1.82) is 0 Å². The van der Waals surface area contributed by atoms with E-state index in [1.807, 2.05) is 6.07 Å². The molecule has 0 saturated heterocycles.